The van der Waals surface area contributed by atoms with Crippen molar-refractivity contribution in [3.8, 4) is 0 Å². The average Bonchev–Trinajstić information content (AvgIpc) is 2.92. The Kier molecular flexibility index (Phi) is 5.90. The molecule has 0 saturated heterocycles. The number of nitrogens with one attached hydrogen (secondary N) is 1. The smallest absolute Gasteiger partial charge is 0.264 e. The molecule has 0 spiro atoms. The number of hydrogen-bond donors (Lipinski definition) is 1. The number of nitrogens with zero attached hydrogens (tertiary/aromatic N) is 1. The highest BCUT2D eigenvalue weighted by Crippen LogP contribution is 2.23. The first-order valence-electron chi connectivity index (χ1n) is 6.92. The van der Waals surface area contributed by atoms with Crippen LogP contribution in [-0.4, -0.2) is 30.3 Å². The molecule has 0 fully saturated rings. The molecule has 1 aromatic carbocycles. The SMILES string of the molecule is CC(NC(=O)CN(C)C(=O)c1ccc(Br)s1)c1cccc(F)c1. The van der Waals surface area contributed by atoms with Crippen LogP contribution in [0.3, 0.4) is 0 Å². The fourth-order valence-electron chi connectivity index (χ4n) is 2.05. The van der Waals surface area contributed by atoms with Gasteiger partial charge in [-0.05, 0) is 52.7 Å². The first kappa shape index (κ1) is 17.6. The Morgan fingerprint density at radius 2 is 2.09 bits per heavy atom. The van der Waals surface area contributed by atoms with Gasteiger partial charge in [0.2, 0.25) is 5.91 Å². The lowest BCUT2D eigenvalue weighted by Gasteiger charge is -2.19. The highest BCUT2D eigenvalue weighted by molar-refractivity contribution is 9.11. The molecule has 0 saturated carbocycles. The Balaban J connectivity index is 1.92. The molecular formula is C16H16BrFN2O2S. The summed E-state index contributed by atoms with van der Waals surface area (Å²) in [6.45, 7) is 1.71. The molecule has 2 rings (SSSR count). The lowest BCUT2D eigenvalue weighted by Crippen LogP contribution is -2.39. The van der Waals surface area contributed by atoms with Crippen LogP contribution >= 0.6 is 27.3 Å². The van der Waals surface area contributed by atoms with Crippen LogP contribution in [0.5, 0.6) is 0 Å². The Bertz CT molecular complexity index is 720. The first-order valence-corrected chi connectivity index (χ1v) is 8.53. The van der Waals surface area contributed by atoms with E-state index in [-0.39, 0.29) is 30.2 Å². The fourth-order valence-corrected chi connectivity index (χ4v) is 3.43. The van der Waals surface area contributed by atoms with Crippen LogP contribution in [0.4, 0.5) is 4.39 Å². The highest BCUT2D eigenvalue weighted by Gasteiger charge is 2.18. The van der Waals surface area contributed by atoms with Crippen molar-refractivity contribution in [1.82, 2.24) is 10.2 Å². The summed E-state index contributed by atoms with van der Waals surface area (Å²) in [6, 6.07) is 9.23. The number of carbonyl (C=O) groups is 2. The zero-order valence-corrected chi connectivity index (χ0v) is 15.1. The summed E-state index contributed by atoms with van der Waals surface area (Å²) in [5.74, 6) is -0.860. The van der Waals surface area contributed by atoms with Crippen LogP contribution in [-0.2, 0) is 4.79 Å². The van der Waals surface area contributed by atoms with E-state index in [0.717, 1.165) is 3.79 Å². The van der Waals surface area contributed by atoms with Gasteiger partial charge in [0, 0.05) is 7.05 Å². The maximum absolute atomic E-state index is 13.2. The summed E-state index contributed by atoms with van der Waals surface area (Å²) < 4.78 is 14.1. The third-order valence-corrected chi connectivity index (χ3v) is 4.85. The minimum atomic E-state index is -0.348. The second kappa shape index (κ2) is 7.70. The number of amides is 2. The van der Waals surface area contributed by atoms with Gasteiger partial charge in [0.05, 0.1) is 21.3 Å². The van der Waals surface area contributed by atoms with Crippen molar-refractivity contribution in [3.05, 3.63) is 56.4 Å². The van der Waals surface area contributed by atoms with E-state index in [1.165, 1.54) is 28.4 Å². The lowest BCUT2D eigenvalue weighted by molar-refractivity contribution is -0.122. The molecule has 0 bridgehead atoms. The van der Waals surface area contributed by atoms with Crippen LogP contribution in [0, 0.1) is 5.82 Å². The molecule has 7 heteroatoms. The van der Waals surface area contributed by atoms with Gasteiger partial charge in [-0.25, -0.2) is 4.39 Å². The van der Waals surface area contributed by atoms with E-state index >= 15 is 0 Å². The number of carbonyl (C=O) groups excluding carboxylic acids is 2. The Morgan fingerprint density at radius 3 is 2.70 bits per heavy atom. The van der Waals surface area contributed by atoms with Gasteiger partial charge in [-0.3, -0.25) is 9.59 Å². The van der Waals surface area contributed by atoms with Gasteiger partial charge >= 0.3 is 0 Å². The lowest BCUT2D eigenvalue weighted by atomic mass is 10.1. The normalized spacial score (nSPS) is 11.8. The van der Waals surface area contributed by atoms with Crippen molar-refractivity contribution < 1.29 is 14.0 Å². The van der Waals surface area contributed by atoms with Crippen molar-refractivity contribution in [1.29, 1.82) is 0 Å². The second-order valence-corrected chi connectivity index (χ2v) is 7.57. The number of hydrogen-bond acceptors (Lipinski definition) is 3. The Hall–Kier alpha value is -1.73. The van der Waals surface area contributed by atoms with Gasteiger partial charge in [-0.2, -0.15) is 0 Å². The summed E-state index contributed by atoms with van der Waals surface area (Å²) in [7, 11) is 1.57. The predicted octanol–water partition coefficient (Wildman–Crippen LogP) is 3.60. The van der Waals surface area contributed by atoms with Gasteiger partial charge in [-0.1, -0.05) is 12.1 Å². The predicted molar refractivity (Wildman–Crippen MR) is 91.9 cm³/mol. The Labute approximate surface area is 146 Å². The average molecular weight is 399 g/mol. The monoisotopic (exact) mass is 398 g/mol. The first-order chi connectivity index (χ1) is 10.9. The zero-order valence-electron chi connectivity index (χ0n) is 12.7. The van der Waals surface area contributed by atoms with E-state index < -0.39 is 0 Å². The number of rotatable bonds is 5. The third-order valence-electron chi connectivity index (χ3n) is 3.24. The molecule has 0 aliphatic heterocycles. The molecule has 0 radical (unpaired) electrons. The number of likely N-dealkylation sites (N-methyl/N-ethyl adjacent to an activating group) is 1. The van der Waals surface area contributed by atoms with Crippen molar-refractivity contribution in [2.75, 3.05) is 13.6 Å². The standard InChI is InChI=1S/C16H16BrFN2O2S/c1-10(11-4-3-5-12(18)8-11)19-15(21)9-20(2)16(22)13-6-7-14(17)23-13/h3-8,10H,9H2,1-2H3,(H,19,21). The number of halogens is 2. The number of thiophene rings is 1. The van der Waals surface area contributed by atoms with Crippen molar-refractivity contribution >= 4 is 39.1 Å². The van der Waals surface area contributed by atoms with Crippen LogP contribution < -0.4 is 5.32 Å². The van der Waals surface area contributed by atoms with Crippen LogP contribution in [0.25, 0.3) is 0 Å². The van der Waals surface area contributed by atoms with Crippen LogP contribution in [0.1, 0.15) is 28.2 Å². The van der Waals surface area contributed by atoms with Crippen molar-refractivity contribution in [3.63, 3.8) is 0 Å². The molecule has 1 atom stereocenters. The van der Waals surface area contributed by atoms with Gasteiger partial charge in [-0.15, -0.1) is 11.3 Å². The molecule has 0 aliphatic rings. The molecule has 2 aromatic rings. The van der Waals surface area contributed by atoms with Crippen LogP contribution in [0.2, 0.25) is 0 Å². The maximum atomic E-state index is 13.2. The molecule has 1 N–H and O–H groups in total. The third kappa shape index (κ3) is 4.87. The quantitative estimate of drug-likeness (QED) is 0.836. The molecule has 1 aromatic heterocycles. The highest BCUT2D eigenvalue weighted by atomic mass is 79.9. The van der Waals surface area contributed by atoms with E-state index in [1.807, 2.05) is 0 Å². The molecular weight excluding hydrogens is 383 g/mol. The van der Waals surface area contributed by atoms with Gasteiger partial charge < -0.3 is 10.2 Å². The molecule has 1 heterocycles. The van der Waals surface area contributed by atoms with E-state index in [9.17, 15) is 14.0 Å². The minimum absolute atomic E-state index is 0.0615. The summed E-state index contributed by atoms with van der Waals surface area (Å²) in [5, 5.41) is 2.76. The van der Waals surface area contributed by atoms with E-state index in [1.54, 1.807) is 38.2 Å². The minimum Gasteiger partial charge on any atom is -0.348 e. The zero-order chi connectivity index (χ0) is 17.0. The Morgan fingerprint density at radius 1 is 1.35 bits per heavy atom. The van der Waals surface area contributed by atoms with Crippen LogP contribution in [0.15, 0.2) is 40.2 Å². The number of benzene rings is 1. The maximum Gasteiger partial charge on any atom is 0.264 e. The topological polar surface area (TPSA) is 49.4 Å². The van der Waals surface area contributed by atoms with Gasteiger partial charge in [0.15, 0.2) is 0 Å². The molecule has 4 nitrogen and oxygen atoms in total. The van der Waals surface area contributed by atoms with Gasteiger partial charge in [0.1, 0.15) is 5.82 Å². The molecule has 122 valence electrons. The fraction of sp³-hybridized carbons (Fsp3) is 0.250. The summed E-state index contributed by atoms with van der Waals surface area (Å²) in [6.07, 6.45) is 0. The van der Waals surface area contributed by atoms with E-state index in [0.29, 0.717) is 10.4 Å². The molecule has 0 aliphatic carbocycles. The summed E-state index contributed by atoms with van der Waals surface area (Å²) in [5.41, 5.74) is 0.675. The van der Waals surface area contributed by atoms with E-state index in [2.05, 4.69) is 21.2 Å². The largest absolute Gasteiger partial charge is 0.348 e. The van der Waals surface area contributed by atoms with E-state index in [4.69, 9.17) is 0 Å². The van der Waals surface area contributed by atoms with Gasteiger partial charge in [0.25, 0.3) is 5.91 Å². The summed E-state index contributed by atoms with van der Waals surface area (Å²) >= 11 is 4.62. The van der Waals surface area contributed by atoms with Crippen molar-refractivity contribution in [2.24, 2.45) is 0 Å². The van der Waals surface area contributed by atoms with Crippen molar-refractivity contribution in [2.45, 2.75) is 13.0 Å². The molecule has 23 heavy (non-hydrogen) atoms. The summed E-state index contributed by atoms with van der Waals surface area (Å²) in [4.78, 5) is 26.2. The second-order valence-electron chi connectivity index (χ2n) is 5.11. The molecule has 2 amide bonds. The molecule has 1 unspecified atom stereocenters.